The van der Waals surface area contributed by atoms with Crippen LogP contribution in [0.25, 0.3) is 0 Å². The first-order chi connectivity index (χ1) is 18.5. The normalized spacial score (nSPS) is 13.7. The van der Waals surface area contributed by atoms with Crippen LogP contribution in [-0.2, 0) is 19.1 Å². The fourth-order valence-corrected chi connectivity index (χ4v) is 5.29. The first-order valence-electron chi connectivity index (χ1n) is 16.8. The highest BCUT2D eigenvalue weighted by molar-refractivity contribution is 5.69. The molecule has 2 atom stereocenters. The van der Waals surface area contributed by atoms with Gasteiger partial charge in [-0.25, -0.2) is 0 Å². The predicted octanol–water partition coefficient (Wildman–Crippen LogP) is 10.6. The maximum atomic E-state index is 12.0. The van der Waals surface area contributed by atoms with Crippen molar-refractivity contribution >= 4 is 11.9 Å². The lowest BCUT2D eigenvalue weighted by atomic mass is 9.94. The molecular formula is C34H66O4. The van der Waals surface area contributed by atoms with E-state index in [4.69, 9.17) is 9.47 Å². The van der Waals surface area contributed by atoms with Gasteiger partial charge in [-0.1, -0.05) is 137 Å². The Morgan fingerprint density at radius 3 is 1.26 bits per heavy atom. The number of esters is 2. The molecule has 0 aliphatic heterocycles. The van der Waals surface area contributed by atoms with Crippen molar-refractivity contribution in [1.29, 1.82) is 0 Å². The van der Waals surface area contributed by atoms with Crippen molar-refractivity contribution in [3.8, 4) is 0 Å². The number of rotatable bonds is 28. The molecule has 0 amide bonds. The lowest BCUT2D eigenvalue weighted by Gasteiger charge is -2.14. The van der Waals surface area contributed by atoms with Crippen molar-refractivity contribution in [1.82, 2.24) is 0 Å². The molecule has 0 N–H and O–H groups in total. The molecule has 0 aromatic rings. The first-order valence-corrected chi connectivity index (χ1v) is 16.8. The van der Waals surface area contributed by atoms with Crippen LogP contribution < -0.4 is 0 Å². The van der Waals surface area contributed by atoms with Gasteiger partial charge in [0.05, 0.1) is 13.2 Å². The highest BCUT2D eigenvalue weighted by Crippen LogP contribution is 2.20. The van der Waals surface area contributed by atoms with E-state index < -0.39 is 0 Å². The molecule has 0 aliphatic rings. The van der Waals surface area contributed by atoms with Crippen LogP contribution in [0.15, 0.2) is 0 Å². The summed E-state index contributed by atoms with van der Waals surface area (Å²) in [6, 6.07) is 0. The second kappa shape index (κ2) is 27.5. The molecule has 0 fully saturated rings. The molecule has 226 valence electrons. The van der Waals surface area contributed by atoms with Gasteiger partial charge in [-0.05, 0) is 43.4 Å². The zero-order chi connectivity index (χ0) is 28.3. The van der Waals surface area contributed by atoms with E-state index in [-0.39, 0.29) is 11.9 Å². The summed E-state index contributed by atoms with van der Waals surface area (Å²) in [5.41, 5.74) is 0. The van der Waals surface area contributed by atoms with Gasteiger partial charge in [-0.15, -0.1) is 0 Å². The summed E-state index contributed by atoms with van der Waals surface area (Å²) in [5, 5.41) is 0. The SMILES string of the molecule is CCCCC(CC)CCC(=O)OCCCCCCC(C)CCCCCCOC(=O)CCC(CC)CCCC. The number of carbonyl (C=O) groups excluding carboxylic acids is 2. The Bertz CT molecular complexity index is 487. The Morgan fingerprint density at radius 1 is 0.500 bits per heavy atom. The third-order valence-corrected chi connectivity index (χ3v) is 8.31. The molecular weight excluding hydrogens is 472 g/mol. The van der Waals surface area contributed by atoms with Crippen molar-refractivity contribution in [3.05, 3.63) is 0 Å². The van der Waals surface area contributed by atoms with E-state index in [0.717, 1.165) is 44.4 Å². The minimum atomic E-state index is -0.00495. The quantitative estimate of drug-likeness (QED) is 0.0734. The summed E-state index contributed by atoms with van der Waals surface area (Å²) in [6.45, 7) is 12.5. The maximum Gasteiger partial charge on any atom is 0.305 e. The average Bonchev–Trinajstić information content (AvgIpc) is 2.92. The third-order valence-electron chi connectivity index (χ3n) is 8.31. The summed E-state index contributed by atoms with van der Waals surface area (Å²) in [7, 11) is 0. The number of carbonyl (C=O) groups is 2. The van der Waals surface area contributed by atoms with Gasteiger partial charge >= 0.3 is 11.9 Å². The Morgan fingerprint density at radius 2 is 0.895 bits per heavy atom. The van der Waals surface area contributed by atoms with Crippen molar-refractivity contribution in [3.63, 3.8) is 0 Å². The molecule has 4 nitrogen and oxygen atoms in total. The van der Waals surface area contributed by atoms with Gasteiger partial charge < -0.3 is 9.47 Å². The van der Waals surface area contributed by atoms with Gasteiger partial charge in [0.25, 0.3) is 0 Å². The highest BCUT2D eigenvalue weighted by atomic mass is 16.5. The molecule has 0 heterocycles. The summed E-state index contributed by atoms with van der Waals surface area (Å²) >= 11 is 0. The highest BCUT2D eigenvalue weighted by Gasteiger charge is 2.11. The van der Waals surface area contributed by atoms with Crippen LogP contribution in [0, 0.1) is 17.8 Å². The van der Waals surface area contributed by atoms with Crippen LogP contribution in [0.5, 0.6) is 0 Å². The topological polar surface area (TPSA) is 52.6 Å². The number of hydrogen-bond acceptors (Lipinski definition) is 4. The average molecular weight is 539 g/mol. The Hall–Kier alpha value is -1.06. The number of ether oxygens (including phenoxy) is 2. The Balaban J connectivity index is 3.52. The molecule has 0 saturated carbocycles. The van der Waals surface area contributed by atoms with Gasteiger partial charge in [0.1, 0.15) is 0 Å². The van der Waals surface area contributed by atoms with Gasteiger partial charge in [0.2, 0.25) is 0 Å². The number of hydrogen-bond donors (Lipinski definition) is 0. The van der Waals surface area contributed by atoms with Crippen LogP contribution in [0.4, 0.5) is 0 Å². The zero-order valence-electron chi connectivity index (χ0n) is 26.3. The van der Waals surface area contributed by atoms with Crippen molar-refractivity contribution in [2.24, 2.45) is 17.8 Å². The van der Waals surface area contributed by atoms with Crippen LogP contribution in [0.2, 0.25) is 0 Å². The fraction of sp³-hybridized carbons (Fsp3) is 0.941. The lowest BCUT2D eigenvalue weighted by molar-refractivity contribution is -0.145. The first kappa shape index (κ1) is 36.9. The molecule has 0 aromatic carbocycles. The van der Waals surface area contributed by atoms with Crippen molar-refractivity contribution in [2.75, 3.05) is 13.2 Å². The monoisotopic (exact) mass is 538 g/mol. The standard InChI is InChI=1S/C34H66O4/c1-6-10-22-31(8-3)24-26-33(35)37-28-18-14-12-16-20-30(5)21-17-13-15-19-29-38-34(36)27-25-32(9-4)23-11-7-2/h30-32H,6-29H2,1-5H3. The Kier molecular flexibility index (Phi) is 26.7. The molecule has 0 rings (SSSR count). The summed E-state index contributed by atoms with van der Waals surface area (Å²) < 4.78 is 10.9. The Labute approximate surface area is 237 Å². The van der Waals surface area contributed by atoms with Crippen LogP contribution in [-0.4, -0.2) is 25.2 Å². The minimum Gasteiger partial charge on any atom is -0.466 e. The predicted molar refractivity (Wildman–Crippen MR) is 162 cm³/mol. The van der Waals surface area contributed by atoms with Gasteiger partial charge in [-0.2, -0.15) is 0 Å². The van der Waals surface area contributed by atoms with E-state index in [1.807, 2.05) is 0 Å². The molecule has 0 radical (unpaired) electrons. The molecule has 38 heavy (non-hydrogen) atoms. The molecule has 2 unspecified atom stereocenters. The van der Waals surface area contributed by atoms with Crippen LogP contribution in [0.3, 0.4) is 0 Å². The van der Waals surface area contributed by atoms with E-state index in [1.165, 1.54) is 89.9 Å². The van der Waals surface area contributed by atoms with Crippen LogP contribution >= 0.6 is 0 Å². The molecule has 4 heteroatoms. The largest absolute Gasteiger partial charge is 0.466 e. The summed E-state index contributed by atoms with van der Waals surface area (Å²) in [5.74, 6) is 2.13. The van der Waals surface area contributed by atoms with Gasteiger partial charge in [0, 0.05) is 12.8 Å². The van der Waals surface area contributed by atoms with Crippen LogP contribution in [0.1, 0.15) is 176 Å². The molecule has 0 aliphatic carbocycles. The molecule has 0 saturated heterocycles. The van der Waals surface area contributed by atoms with Gasteiger partial charge in [-0.3, -0.25) is 9.59 Å². The van der Waals surface area contributed by atoms with E-state index in [2.05, 4.69) is 34.6 Å². The van der Waals surface area contributed by atoms with E-state index in [1.54, 1.807) is 0 Å². The van der Waals surface area contributed by atoms with Gasteiger partial charge in [0.15, 0.2) is 0 Å². The molecule has 0 aromatic heterocycles. The summed E-state index contributed by atoms with van der Waals surface area (Å²) in [4.78, 5) is 23.9. The zero-order valence-corrected chi connectivity index (χ0v) is 26.3. The van der Waals surface area contributed by atoms with E-state index >= 15 is 0 Å². The minimum absolute atomic E-state index is 0.00495. The van der Waals surface area contributed by atoms with E-state index in [9.17, 15) is 9.59 Å². The second-order valence-electron chi connectivity index (χ2n) is 11.9. The second-order valence-corrected chi connectivity index (χ2v) is 11.9. The third kappa shape index (κ3) is 24.0. The van der Waals surface area contributed by atoms with Crippen molar-refractivity contribution < 1.29 is 19.1 Å². The fourth-order valence-electron chi connectivity index (χ4n) is 5.29. The molecule has 0 spiro atoms. The smallest absolute Gasteiger partial charge is 0.305 e. The lowest BCUT2D eigenvalue weighted by Crippen LogP contribution is -2.09. The van der Waals surface area contributed by atoms with Crippen molar-refractivity contribution in [2.45, 2.75) is 176 Å². The summed E-state index contributed by atoms with van der Waals surface area (Å²) in [6.07, 6.45) is 24.9. The molecule has 0 bridgehead atoms. The number of unbranched alkanes of at least 4 members (excludes halogenated alkanes) is 8. The maximum absolute atomic E-state index is 12.0. The van der Waals surface area contributed by atoms with E-state index in [0.29, 0.717) is 37.9 Å².